The monoisotopic (exact) mass is 1060 g/mol. The zero-order valence-electron chi connectivity index (χ0n) is 41.4. The summed E-state index contributed by atoms with van der Waals surface area (Å²) in [7, 11) is 0. The first-order valence-corrected chi connectivity index (χ1v) is 24.3. The smallest absolute Gasteiger partial charge is 0.410 e. The second-order valence-corrected chi connectivity index (χ2v) is 18.4. The number of piperazine rings is 2. The number of pyridine rings is 2. The standard InChI is InChI=1S/C22H23N11.C14H13N7.C13H19BrN4O2/c1-15-3-2-4-17(28-15)20-24-7-5-18(31-20)30-19-6-8-25-21(32-19)29-16-13-26-22(27-14-16)33-11-9-23-10-12-33;1-9-3-2-4-10(18-9)13-16-7-5-11(20-13)19-12-6-8-17-14(15)21-12;1-13(2,3)20-12(19)18-6-4-17(5-7-18)11-15-8-10(14)9-16-11/h2-8,13-14,23H,9-12H2,1H3,(H2,24,25,29,30,31,32);2-8H,1H3,(H3,15,16,17,19,20,21);8-9H,4-7H2,1-3H3. The fraction of sp³-hybridized carbons (Fsp3) is 0.286. The molecule has 380 valence electrons. The third-order valence-electron chi connectivity index (χ3n) is 10.5. The van der Waals surface area contributed by atoms with Gasteiger partial charge in [-0.15, -0.1) is 0 Å². The van der Waals surface area contributed by atoms with E-state index in [1.54, 1.807) is 78.7 Å². The van der Waals surface area contributed by atoms with E-state index in [2.05, 4.69) is 117 Å². The number of aromatic nitrogens is 14. The van der Waals surface area contributed by atoms with Crippen LogP contribution in [-0.2, 0) is 4.74 Å². The summed E-state index contributed by atoms with van der Waals surface area (Å²) >= 11 is 3.31. The molecule has 25 heteroatoms. The normalized spacial score (nSPS) is 13.4. The van der Waals surface area contributed by atoms with Gasteiger partial charge in [0.05, 0.1) is 22.6 Å². The Morgan fingerprint density at radius 2 is 1.07 bits per heavy atom. The van der Waals surface area contributed by atoms with Crippen LogP contribution in [0.5, 0.6) is 0 Å². The highest BCUT2D eigenvalue weighted by molar-refractivity contribution is 9.10. The molecule has 8 aromatic rings. The molecular weight excluding hydrogens is 1010 g/mol. The number of carbonyl (C=O) groups excluding carboxylic acids is 1. The predicted octanol–water partition coefficient (Wildman–Crippen LogP) is 6.58. The molecule has 2 aliphatic heterocycles. The maximum absolute atomic E-state index is 11.9. The van der Waals surface area contributed by atoms with Gasteiger partial charge in [0.25, 0.3) is 0 Å². The van der Waals surface area contributed by atoms with Crippen molar-refractivity contribution in [2.45, 2.75) is 40.2 Å². The molecule has 0 aliphatic carbocycles. The number of hydrogen-bond acceptors (Lipinski definition) is 23. The van der Waals surface area contributed by atoms with E-state index >= 15 is 0 Å². The van der Waals surface area contributed by atoms with Gasteiger partial charge in [0.15, 0.2) is 11.6 Å². The number of ether oxygens (including phenoxy) is 1. The fourth-order valence-corrected chi connectivity index (χ4v) is 7.27. The van der Waals surface area contributed by atoms with Crippen molar-refractivity contribution in [1.29, 1.82) is 0 Å². The summed E-state index contributed by atoms with van der Waals surface area (Å²) in [5.74, 6) is 5.51. The van der Waals surface area contributed by atoms with Crippen LogP contribution in [0, 0.1) is 13.8 Å². The van der Waals surface area contributed by atoms with Crippen molar-refractivity contribution in [2.24, 2.45) is 0 Å². The molecule has 24 nitrogen and oxygen atoms in total. The highest BCUT2D eigenvalue weighted by Crippen LogP contribution is 2.21. The number of amides is 1. The number of halogens is 1. The molecule has 8 aromatic heterocycles. The van der Waals surface area contributed by atoms with Crippen molar-refractivity contribution in [3.63, 3.8) is 0 Å². The number of anilines is 9. The summed E-state index contributed by atoms with van der Waals surface area (Å²) in [6.45, 7) is 15.8. The lowest BCUT2D eigenvalue weighted by atomic mass is 10.2. The van der Waals surface area contributed by atoms with Crippen molar-refractivity contribution in [3.8, 4) is 23.0 Å². The predicted molar refractivity (Wildman–Crippen MR) is 285 cm³/mol. The van der Waals surface area contributed by atoms with Gasteiger partial charge < -0.3 is 46.4 Å². The molecule has 2 fully saturated rings. The Morgan fingerprint density at radius 3 is 1.59 bits per heavy atom. The van der Waals surface area contributed by atoms with Crippen LogP contribution in [0.1, 0.15) is 32.2 Å². The molecular formula is C49H55BrN22O2. The van der Waals surface area contributed by atoms with E-state index in [1.807, 2.05) is 71.0 Å². The topological polar surface area (TPSA) is 291 Å². The number of nitrogen functional groups attached to an aromatic ring is 1. The van der Waals surface area contributed by atoms with Crippen molar-refractivity contribution in [2.75, 3.05) is 83.8 Å². The molecule has 10 heterocycles. The van der Waals surface area contributed by atoms with Crippen LogP contribution in [0.15, 0.2) is 115 Å². The average Bonchev–Trinajstić information content (AvgIpc) is 3.40. The first-order chi connectivity index (χ1) is 35.8. The summed E-state index contributed by atoms with van der Waals surface area (Å²) in [4.78, 5) is 78.5. The van der Waals surface area contributed by atoms with Gasteiger partial charge in [0.2, 0.25) is 23.8 Å². The molecule has 6 N–H and O–H groups in total. The molecule has 0 saturated carbocycles. The van der Waals surface area contributed by atoms with Crippen molar-refractivity contribution < 1.29 is 9.53 Å². The Kier molecular flexibility index (Phi) is 17.2. The van der Waals surface area contributed by atoms with Crippen LogP contribution < -0.4 is 36.8 Å². The first kappa shape index (κ1) is 51.6. The summed E-state index contributed by atoms with van der Waals surface area (Å²) in [5.41, 5.74) is 9.06. The van der Waals surface area contributed by atoms with Gasteiger partial charge in [0, 0.05) is 101 Å². The van der Waals surface area contributed by atoms with Gasteiger partial charge in [0.1, 0.15) is 40.3 Å². The van der Waals surface area contributed by atoms with Crippen LogP contribution in [0.2, 0.25) is 0 Å². The Labute approximate surface area is 435 Å². The molecule has 1 amide bonds. The number of hydrogen-bond donors (Lipinski definition) is 5. The lowest BCUT2D eigenvalue weighted by Crippen LogP contribution is -2.50. The number of aryl methyl sites for hydroxylation is 2. The molecule has 0 unspecified atom stereocenters. The van der Waals surface area contributed by atoms with Crippen LogP contribution >= 0.6 is 15.9 Å². The van der Waals surface area contributed by atoms with Crippen LogP contribution in [-0.4, -0.2) is 139 Å². The molecule has 2 saturated heterocycles. The van der Waals surface area contributed by atoms with Gasteiger partial charge in [-0.1, -0.05) is 12.1 Å². The van der Waals surface area contributed by atoms with Crippen LogP contribution in [0.3, 0.4) is 0 Å². The molecule has 0 aromatic carbocycles. The number of nitrogens with zero attached hydrogens (tertiary/aromatic N) is 17. The highest BCUT2D eigenvalue weighted by Gasteiger charge is 2.27. The lowest BCUT2D eigenvalue weighted by Gasteiger charge is -2.35. The van der Waals surface area contributed by atoms with E-state index in [0.29, 0.717) is 84.4 Å². The lowest BCUT2D eigenvalue weighted by molar-refractivity contribution is 0.0240. The van der Waals surface area contributed by atoms with E-state index in [1.165, 1.54) is 0 Å². The Morgan fingerprint density at radius 1 is 0.581 bits per heavy atom. The largest absolute Gasteiger partial charge is 0.444 e. The fourth-order valence-electron chi connectivity index (χ4n) is 7.06. The SMILES string of the molecule is CC(C)(C)OC(=O)N1CCN(c2ncc(Br)cn2)CC1.Cc1cccc(-c2nccc(Nc3ccnc(N)n3)n2)n1.Cc1cccc(-c2nccc(Nc3ccnc(Nc4cnc(N5CCNCC5)nc4)n3)n2)n1. The maximum Gasteiger partial charge on any atom is 0.410 e. The van der Waals surface area contributed by atoms with Crippen molar-refractivity contribution in [3.05, 3.63) is 126 Å². The summed E-state index contributed by atoms with van der Waals surface area (Å²) in [5, 5.41) is 12.7. The molecule has 2 aliphatic rings. The molecule has 74 heavy (non-hydrogen) atoms. The van der Waals surface area contributed by atoms with Gasteiger partial charge in [-0.25, -0.2) is 64.6 Å². The minimum Gasteiger partial charge on any atom is -0.444 e. The van der Waals surface area contributed by atoms with Crippen molar-refractivity contribution >= 4 is 74.8 Å². The third kappa shape index (κ3) is 15.4. The molecule has 10 rings (SSSR count). The number of carbonyl (C=O) groups is 1. The molecule has 0 bridgehead atoms. The summed E-state index contributed by atoms with van der Waals surface area (Å²) < 4.78 is 6.22. The third-order valence-corrected chi connectivity index (χ3v) is 10.9. The van der Waals surface area contributed by atoms with Crippen LogP contribution in [0.25, 0.3) is 23.0 Å². The van der Waals surface area contributed by atoms with Gasteiger partial charge in [-0.05, 0) is 99.1 Å². The van der Waals surface area contributed by atoms with Crippen molar-refractivity contribution in [1.82, 2.24) is 80.0 Å². The number of nitrogens with one attached hydrogen (secondary N) is 4. The quantitative estimate of drug-likeness (QED) is 0.0966. The minimum absolute atomic E-state index is 0.203. The van der Waals surface area contributed by atoms with E-state index in [-0.39, 0.29) is 12.0 Å². The van der Waals surface area contributed by atoms with E-state index in [0.717, 1.165) is 53.7 Å². The Bertz CT molecular complexity index is 3100. The van der Waals surface area contributed by atoms with E-state index < -0.39 is 5.60 Å². The summed E-state index contributed by atoms with van der Waals surface area (Å²) in [6.07, 6.45) is 13.3. The minimum atomic E-state index is -0.455. The zero-order valence-corrected chi connectivity index (χ0v) is 43.0. The Balaban J connectivity index is 0.000000155. The molecule has 0 atom stereocenters. The van der Waals surface area contributed by atoms with Gasteiger partial charge in [-0.3, -0.25) is 0 Å². The molecule has 0 radical (unpaired) electrons. The average molecular weight is 1060 g/mol. The highest BCUT2D eigenvalue weighted by atomic mass is 79.9. The number of nitrogens with two attached hydrogens (primary N) is 1. The zero-order chi connectivity index (χ0) is 51.9. The number of rotatable bonds is 10. The second-order valence-electron chi connectivity index (χ2n) is 17.5. The van der Waals surface area contributed by atoms with E-state index in [9.17, 15) is 4.79 Å². The molecule has 0 spiro atoms. The maximum atomic E-state index is 11.9. The first-order valence-electron chi connectivity index (χ1n) is 23.5. The van der Waals surface area contributed by atoms with Gasteiger partial charge in [-0.2, -0.15) is 9.97 Å². The van der Waals surface area contributed by atoms with Crippen LogP contribution in [0.4, 0.5) is 57.5 Å². The second kappa shape index (κ2) is 24.6. The van der Waals surface area contributed by atoms with Gasteiger partial charge >= 0.3 is 6.09 Å². The van der Waals surface area contributed by atoms with E-state index in [4.69, 9.17) is 10.5 Å². The summed E-state index contributed by atoms with van der Waals surface area (Å²) in [6, 6.07) is 18.5. The Hall–Kier alpha value is -8.71.